The van der Waals surface area contributed by atoms with E-state index in [4.69, 9.17) is 17.3 Å². The van der Waals surface area contributed by atoms with E-state index >= 15 is 0 Å². The lowest BCUT2D eigenvalue weighted by Gasteiger charge is -2.13. The highest BCUT2D eigenvalue weighted by Crippen LogP contribution is 2.38. The summed E-state index contributed by atoms with van der Waals surface area (Å²) in [5.41, 5.74) is 6.47. The minimum atomic E-state index is -0.390. The van der Waals surface area contributed by atoms with Crippen LogP contribution in [0.5, 0.6) is 0 Å². The fourth-order valence-corrected chi connectivity index (χ4v) is 2.15. The van der Waals surface area contributed by atoms with Crippen molar-refractivity contribution in [3.63, 3.8) is 0 Å². The normalized spacial score (nSPS) is 17.9. The van der Waals surface area contributed by atoms with Gasteiger partial charge in [-0.3, -0.25) is 0 Å². The summed E-state index contributed by atoms with van der Waals surface area (Å²) in [6, 6.07) is 3.22. The average molecular weight is 293 g/mol. The molecule has 0 spiro atoms. The van der Waals surface area contributed by atoms with Gasteiger partial charge in [-0.05, 0) is 34.3 Å². The molecule has 0 heterocycles. The number of nitrogens with two attached hydrogens (primary N) is 1. The summed E-state index contributed by atoms with van der Waals surface area (Å²) in [5.74, 6) is 0.293. The van der Waals surface area contributed by atoms with E-state index < -0.39 is 0 Å². The molecule has 2 N–H and O–H groups in total. The lowest BCUT2D eigenvalue weighted by atomic mass is 10.0. The SMILES string of the molecule is NC(CC1CC1)c1ccc(Br)c(Cl)c1F. The van der Waals surface area contributed by atoms with Crippen molar-refractivity contribution in [2.45, 2.75) is 25.3 Å². The van der Waals surface area contributed by atoms with Crippen LogP contribution in [0.1, 0.15) is 30.9 Å². The molecule has 1 unspecified atom stereocenters. The molecule has 1 aliphatic rings. The monoisotopic (exact) mass is 291 g/mol. The molecule has 82 valence electrons. The predicted molar refractivity (Wildman–Crippen MR) is 63.4 cm³/mol. The second-order valence-electron chi connectivity index (χ2n) is 4.05. The number of hydrogen-bond donors (Lipinski definition) is 1. The summed E-state index contributed by atoms with van der Waals surface area (Å²) in [6.45, 7) is 0. The Labute approximate surface area is 102 Å². The van der Waals surface area contributed by atoms with Gasteiger partial charge in [0.25, 0.3) is 0 Å². The Kier molecular flexibility index (Phi) is 3.33. The van der Waals surface area contributed by atoms with Gasteiger partial charge in [0.1, 0.15) is 5.82 Å². The van der Waals surface area contributed by atoms with E-state index in [9.17, 15) is 4.39 Å². The summed E-state index contributed by atoms with van der Waals surface area (Å²) in [6.07, 6.45) is 3.30. The van der Waals surface area contributed by atoms with E-state index in [0.717, 1.165) is 6.42 Å². The van der Waals surface area contributed by atoms with Gasteiger partial charge in [0.2, 0.25) is 0 Å². The minimum Gasteiger partial charge on any atom is -0.324 e. The van der Waals surface area contributed by atoms with Gasteiger partial charge in [0.15, 0.2) is 0 Å². The summed E-state index contributed by atoms with van der Waals surface area (Å²) >= 11 is 8.98. The molecule has 0 amide bonds. The highest BCUT2D eigenvalue weighted by molar-refractivity contribution is 9.10. The molecular formula is C11H12BrClFN. The maximum Gasteiger partial charge on any atom is 0.147 e. The van der Waals surface area contributed by atoms with E-state index in [1.165, 1.54) is 12.8 Å². The zero-order valence-electron chi connectivity index (χ0n) is 8.14. The van der Waals surface area contributed by atoms with Gasteiger partial charge < -0.3 is 5.73 Å². The zero-order valence-corrected chi connectivity index (χ0v) is 10.5. The smallest absolute Gasteiger partial charge is 0.147 e. The van der Waals surface area contributed by atoms with Crippen molar-refractivity contribution in [2.24, 2.45) is 11.7 Å². The van der Waals surface area contributed by atoms with E-state index in [1.807, 2.05) is 0 Å². The largest absolute Gasteiger partial charge is 0.324 e. The van der Waals surface area contributed by atoms with Crippen LogP contribution in [0.2, 0.25) is 5.02 Å². The Balaban J connectivity index is 2.22. The molecule has 1 aliphatic carbocycles. The summed E-state index contributed by atoms with van der Waals surface area (Å²) in [7, 11) is 0. The summed E-state index contributed by atoms with van der Waals surface area (Å²) in [4.78, 5) is 0. The fourth-order valence-electron chi connectivity index (χ4n) is 1.67. The molecule has 1 aromatic carbocycles. The maximum absolute atomic E-state index is 13.7. The van der Waals surface area contributed by atoms with Gasteiger partial charge >= 0.3 is 0 Å². The number of benzene rings is 1. The Morgan fingerprint density at radius 2 is 2.20 bits per heavy atom. The van der Waals surface area contributed by atoms with Crippen LogP contribution >= 0.6 is 27.5 Å². The van der Waals surface area contributed by atoms with Crippen molar-refractivity contribution in [1.29, 1.82) is 0 Å². The van der Waals surface area contributed by atoms with Crippen molar-refractivity contribution >= 4 is 27.5 Å². The highest BCUT2D eigenvalue weighted by atomic mass is 79.9. The molecule has 0 radical (unpaired) electrons. The van der Waals surface area contributed by atoms with Crippen molar-refractivity contribution in [3.8, 4) is 0 Å². The first kappa shape index (κ1) is 11.4. The molecule has 15 heavy (non-hydrogen) atoms. The topological polar surface area (TPSA) is 26.0 Å². The van der Waals surface area contributed by atoms with E-state index in [1.54, 1.807) is 12.1 Å². The van der Waals surface area contributed by atoms with Crippen LogP contribution in [0.25, 0.3) is 0 Å². The molecule has 0 aliphatic heterocycles. The van der Waals surface area contributed by atoms with Crippen LogP contribution in [-0.4, -0.2) is 0 Å². The van der Waals surface area contributed by atoms with Gasteiger partial charge in [0, 0.05) is 16.1 Å². The molecule has 1 saturated carbocycles. The number of hydrogen-bond acceptors (Lipinski definition) is 1. The summed E-state index contributed by atoms with van der Waals surface area (Å²) in [5, 5.41) is 0.124. The number of rotatable bonds is 3. The van der Waals surface area contributed by atoms with E-state index in [-0.39, 0.29) is 16.9 Å². The van der Waals surface area contributed by atoms with Crippen LogP contribution in [0.4, 0.5) is 4.39 Å². The molecule has 0 saturated heterocycles. The molecule has 2 rings (SSSR count). The third-order valence-corrected chi connectivity index (χ3v) is 4.01. The second-order valence-corrected chi connectivity index (χ2v) is 5.28. The Morgan fingerprint density at radius 3 is 2.80 bits per heavy atom. The summed E-state index contributed by atoms with van der Waals surface area (Å²) < 4.78 is 14.3. The third-order valence-electron chi connectivity index (χ3n) is 2.75. The van der Waals surface area contributed by atoms with Gasteiger partial charge in [-0.15, -0.1) is 0 Å². The minimum absolute atomic E-state index is 0.124. The fraction of sp³-hybridized carbons (Fsp3) is 0.455. The predicted octanol–water partition coefficient (Wildman–Crippen LogP) is 4.04. The molecule has 0 bridgehead atoms. The average Bonchev–Trinajstić information content (AvgIpc) is 2.98. The lowest BCUT2D eigenvalue weighted by Crippen LogP contribution is -2.13. The second kappa shape index (κ2) is 4.40. The maximum atomic E-state index is 13.7. The van der Waals surface area contributed by atoms with Gasteiger partial charge in [0.05, 0.1) is 5.02 Å². The third kappa shape index (κ3) is 2.52. The molecule has 1 aromatic rings. The lowest BCUT2D eigenvalue weighted by molar-refractivity contribution is 0.542. The van der Waals surface area contributed by atoms with Crippen LogP contribution in [0.3, 0.4) is 0 Å². The van der Waals surface area contributed by atoms with Gasteiger partial charge in [-0.2, -0.15) is 0 Å². The zero-order chi connectivity index (χ0) is 11.0. The molecule has 1 fully saturated rings. The van der Waals surface area contributed by atoms with Crippen LogP contribution < -0.4 is 5.73 Å². The quantitative estimate of drug-likeness (QED) is 0.836. The van der Waals surface area contributed by atoms with E-state index in [2.05, 4.69) is 15.9 Å². The van der Waals surface area contributed by atoms with Gasteiger partial charge in [-0.25, -0.2) is 4.39 Å². The first-order valence-corrected chi connectivity index (χ1v) is 6.15. The van der Waals surface area contributed by atoms with Crippen LogP contribution in [0.15, 0.2) is 16.6 Å². The Morgan fingerprint density at radius 1 is 1.53 bits per heavy atom. The van der Waals surface area contributed by atoms with Crippen LogP contribution in [-0.2, 0) is 0 Å². The Hall–Kier alpha value is -0.120. The first-order chi connectivity index (χ1) is 7.09. The number of halogens is 3. The standard InChI is InChI=1S/C11H12BrClFN/c12-8-4-3-7(11(14)10(8)13)9(15)5-6-1-2-6/h3-4,6,9H,1-2,5,15H2. The molecule has 0 aromatic heterocycles. The van der Waals surface area contributed by atoms with Crippen molar-refractivity contribution in [1.82, 2.24) is 0 Å². The van der Waals surface area contributed by atoms with Crippen molar-refractivity contribution in [2.75, 3.05) is 0 Å². The van der Waals surface area contributed by atoms with Crippen molar-refractivity contribution < 1.29 is 4.39 Å². The van der Waals surface area contributed by atoms with E-state index in [0.29, 0.717) is 16.0 Å². The first-order valence-electron chi connectivity index (χ1n) is 4.98. The molecular weight excluding hydrogens is 280 g/mol. The highest BCUT2D eigenvalue weighted by Gasteiger charge is 2.26. The molecule has 4 heteroatoms. The van der Waals surface area contributed by atoms with Gasteiger partial charge in [-0.1, -0.05) is 30.5 Å². The molecule has 1 atom stereocenters. The Bertz CT molecular complexity index is 379. The van der Waals surface area contributed by atoms with Crippen LogP contribution in [0, 0.1) is 11.7 Å². The molecule has 1 nitrogen and oxygen atoms in total. The van der Waals surface area contributed by atoms with Crippen molar-refractivity contribution in [3.05, 3.63) is 33.0 Å².